The summed E-state index contributed by atoms with van der Waals surface area (Å²) in [6, 6.07) is 5.40. The summed E-state index contributed by atoms with van der Waals surface area (Å²) >= 11 is 5.50. The highest BCUT2D eigenvalue weighted by Crippen LogP contribution is 2.08. The molecule has 0 bridgehead atoms. The van der Waals surface area contributed by atoms with Gasteiger partial charge in [-0.05, 0) is 30.7 Å². The first kappa shape index (κ1) is 13.9. The largest absolute Gasteiger partial charge is 0.257 e. The second-order valence-electron chi connectivity index (χ2n) is 3.78. The summed E-state index contributed by atoms with van der Waals surface area (Å²) in [5.41, 5.74) is 1.46. The van der Waals surface area contributed by atoms with Crippen molar-refractivity contribution in [3.8, 4) is 0 Å². The molecule has 0 unspecified atom stereocenters. The van der Waals surface area contributed by atoms with Crippen molar-refractivity contribution in [2.75, 3.05) is 0 Å². The van der Waals surface area contributed by atoms with Gasteiger partial charge in [-0.15, -0.1) is 0 Å². The molecule has 0 saturated carbocycles. The van der Waals surface area contributed by atoms with E-state index >= 15 is 0 Å². The van der Waals surface area contributed by atoms with Crippen LogP contribution in [0.2, 0.25) is 5.28 Å². The Kier molecular flexibility index (Phi) is 4.08. The second-order valence-corrected chi connectivity index (χ2v) is 5.89. The Morgan fingerprint density at radius 2 is 1.95 bits per heavy atom. The molecule has 6 nitrogen and oxygen atoms in total. The standard InChI is InChI=1S/C11H11ClN4O2S/c1-8-3-2-4-9(16-8)5-15-19(17,18)10-6-13-11(12)14-7-10/h2-4,6-7,15H,5H2,1H3. The number of nitrogens with zero attached hydrogens (tertiary/aromatic N) is 3. The molecule has 0 atom stereocenters. The fourth-order valence-electron chi connectivity index (χ4n) is 1.39. The molecule has 0 spiro atoms. The van der Waals surface area contributed by atoms with Gasteiger partial charge in [0.1, 0.15) is 4.90 Å². The van der Waals surface area contributed by atoms with Crippen molar-refractivity contribution in [1.29, 1.82) is 0 Å². The Labute approximate surface area is 115 Å². The van der Waals surface area contributed by atoms with E-state index in [0.29, 0.717) is 5.69 Å². The molecule has 0 radical (unpaired) electrons. The predicted octanol–water partition coefficient (Wildman–Crippen LogP) is 1.31. The molecule has 100 valence electrons. The van der Waals surface area contributed by atoms with Gasteiger partial charge in [0.05, 0.1) is 24.6 Å². The molecule has 0 aromatic carbocycles. The van der Waals surface area contributed by atoms with E-state index in [4.69, 9.17) is 11.6 Å². The van der Waals surface area contributed by atoms with Crippen molar-refractivity contribution in [2.24, 2.45) is 0 Å². The molecular formula is C11H11ClN4O2S. The lowest BCUT2D eigenvalue weighted by molar-refractivity contribution is 0.579. The van der Waals surface area contributed by atoms with E-state index in [2.05, 4.69) is 19.7 Å². The number of aromatic nitrogens is 3. The van der Waals surface area contributed by atoms with Crippen LogP contribution < -0.4 is 4.72 Å². The quantitative estimate of drug-likeness (QED) is 0.860. The van der Waals surface area contributed by atoms with Gasteiger partial charge in [-0.25, -0.2) is 23.1 Å². The molecule has 0 aliphatic carbocycles. The number of hydrogen-bond acceptors (Lipinski definition) is 5. The van der Waals surface area contributed by atoms with Crippen LogP contribution in [-0.2, 0) is 16.6 Å². The number of pyridine rings is 1. The zero-order valence-electron chi connectivity index (χ0n) is 10.0. The van der Waals surface area contributed by atoms with E-state index in [1.165, 1.54) is 0 Å². The van der Waals surface area contributed by atoms with Crippen LogP contribution in [0.5, 0.6) is 0 Å². The Hall–Kier alpha value is -1.57. The fraction of sp³-hybridized carbons (Fsp3) is 0.182. The van der Waals surface area contributed by atoms with E-state index in [0.717, 1.165) is 18.1 Å². The summed E-state index contributed by atoms with van der Waals surface area (Å²) in [7, 11) is -3.66. The van der Waals surface area contributed by atoms with Crippen LogP contribution in [0.4, 0.5) is 0 Å². The van der Waals surface area contributed by atoms with Gasteiger partial charge in [0.2, 0.25) is 15.3 Å². The minimum atomic E-state index is -3.66. The molecule has 0 saturated heterocycles. The number of nitrogens with one attached hydrogen (secondary N) is 1. The van der Waals surface area contributed by atoms with Crippen molar-refractivity contribution < 1.29 is 8.42 Å². The monoisotopic (exact) mass is 298 g/mol. The van der Waals surface area contributed by atoms with Crippen LogP contribution in [0.1, 0.15) is 11.4 Å². The number of aryl methyl sites for hydroxylation is 1. The van der Waals surface area contributed by atoms with Crippen molar-refractivity contribution in [3.63, 3.8) is 0 Å². The molecule has 2 rings (SSSR count). The minimum Gasteiger partial charge on any atom is -0.257 e. The Bertz CT molecular complexity index is 673. The lowest BCUT2D eigenvalue weighted by atomic mass is 10.3. The first-order valence-electron chi connectivity index (χ1n) is 5.37. The van der Waals surface area contributed by atoms with Crippen LogP contribution >= 0.6 is 11.6 Å². The SMILES string of the molecule is Cc1cccc(CNS(=O)(=O)c2cnc(Cl)nc2)n1. The summed E-state index contributed by atoms with van der Waals surface area (Å²) < 4.78 is 26.3. The van der Waals surface area contributed by atoms with Gasteiger partial charge >= 0.3 is 0 Å². The number of rotatable bonds is 4. The van der Waals surface area contributed by atoms with Gasteiger partial charge in [-0.1, -0.05) is 6.07 Å². The molecule has 1 N–H and O–H groups in total. The Morgan fingerprint density at radius 1 is 1.26 bits per heavy atom. The highest BCUT2D eigenvalue weighted by molar-refractivity contribution is 7.89. The summed E-state index contributed by atoms with van der Waals surface area (Å²) in [5.74, 6) is 0. The van der Waals surface area contributed by atoms with Crippen LogP contribution in [0.15, 0.2) is 35.5 Å². The Morgan fingerprint density at radius 3 is 2.58 bits per heavy atom. The van der Waals surface area contributed by atoms with E-state index in [1.54, 1.807) is 6.07 Å². The molecule has 19 heavy (non-hydrogen) atoms. The fourth-order valence-corrected chi connectivity index (χ4v) is 2.37. The third kappa shape index (κ3) is 3.69. The molecular weight excluding hydrogens is 288 g/mol. The maximum atomic E-state index is 11.9. The van der Waals surface area contributed by atoms with E-state index in [1.807, 2.05) is 19.1 Å². The third-order valence-corrected chi connectivity index (χ3v) is 3.85. The summed E-state index contributed by atoms with van der Waals surface area (Å²) in [4.78, 5) is 11.4. The van der Waals surface area contributed by atoms with Crippen molar-refractivity contribution in [1.82, 2.24) is 19.7 Å². The van der Waals surface area contributed by atoms with E-state index in [-0.39, 0.29) is 16.7 Å². The van der Waals surface area contributed by atoms with E-state index in [9.17, 15) is 8.42 Å². The molecule has 0 aliphatic heterocycles. The number of sulfonamides is 1. The Balaban J connectivity index is 2.12. The van der Waals surface area contributed by atoms with Crippen LogP contribution in [0.25, 0.3) is 0 Å². The lowest BCUT2D eigenvalue weighted by Crippen LogP contribution is -2.24. The first-order valence-corrected chi connectivity index (χ1v) is 7.23. The van der Waals surface area contributed by atoms with Crippen LogP contribution in [0, 0.1) is 6.92 Å². The highest BCUT2D eigenvalue weighted by Gasteiger charge is 2.15. The predicted molar refractivity (Wildman–Crippen MR) is 70.0 cm³/mol. The van der Waals surface area contributed by atoms with Gasteiger partial charge in [-0.3, -0.25) is 4.98 Å². The zero-order valence-corrected chi connectivity index (χ0v) is 11.6. The molecule has 2 aromatic heterocycles. The normalized spacial score (nSPS) is 11.5. The molecule has 8 heteroatoms. The number of halogens is 1. The molecule has 0 fully saturated rings. The minimum absolute atomic E-state index is 0.000647. The van der Waals surface area contributed by atoms with Gasteiger partial charge in [0.15, 0.2) is 0 Å². The van der Waals surface area contributed by atoms with Gasteiger partial charge in [-0.2, -0.15) is 0 Å². The third-order valence-electron chi connectivity index (χ3n) is 2.30. The van der Waals surface area contributed by atoms with Crippen molar-refractivity contribution in [2.45, 2.75) is 18.4 Å². The summed E-state index contributed by atoms with van der Waals surface area (Å²) in [6.07, 6.45) is 2.31. The first-order chi connectivity index (χ1) is 8.97. The molecule has 2 heterocycles. The molecule has 0 amide bonds. The summed E-state index contributed by atoms with van der Waals surface area (Å²) in [6.45, 7) is 1.94. The smallest absolute Gasteiger partial charge is 0.243 e. The molecule has 0 aliphatic rings. The average Bonchev–Trinajstić information content (AvgIpc) is 2.37. The van der Waals surface area contributed by atoms with Gasteiger partial charge in [0.25, 0.3) is 0 Å². The zero-order chi connectivity index (χ0) is 13.9. The maximum absolute atomic E-state index is 11.9. The second kappa shape index (κ2) is 5.60. The van der Waals surface area contributed by atoms with Gasteiger partial charge in [0, 0.05) is 5.69 Å². The topological polar surface area (TPSA) is 84.8 Å². The average molecular weight is 299 g/mol. The van der Waals surface area contributed by atoms with Crippen LogP contribution in [0.3, 0.4) is 0 Å². The van der Waals surface area contributed by atoms with Crippen LogP contribution in [-0.4, -0.2) is 23.4 Å². The van der Waals surface area contributed by atoms with Crippen molar-refractivity contribution >= 4 is 21.6 Å². The number of hydrogen-bond donors (Lipinski definition) is 1. The lowest BCUT2D eigenvalue weighted by Gasteiger charge is -2.06. The summed E-state index contributed by atoms with van der Waals surface area (Å²) in [5, 5.41) is -0.000647. The van der Waals surface area contributed by atoms with Gasteiger partial charge < -0.3 is 0 Å². The molecule has 2 aromatic rings. The maximum Gasteiger partial charge on any atom is 0.243 e. The van der Waals surface area contributed by atoms with Crippen molar-refractivity contribution in [3.05, 3.63) is 47.3 Å². The highest BCUT2D eigenvalue weighted by atomic mass is 35.5. The van der Waals surface area contributed by atoms with E-state index < -0.39 is 10.0 Å².